The molecule has 29 heavy (non-hydrogen) atoms. The molecule has 0 aliphatic rings. The van der Waals surface area contributed by atoms with Gasteiger partial charge in [-0.25, -0.2) is 4.98 Å². The zero-order chi connectivity index (χ0) is 20.2. The van der Waals surface area contributed by atoms with Crippen LogP contribution < -0.4 is 10.9 Å². The van der Waals surface area contributed by atoms with E-state index < -0.39 is 11.8 Å². The van der Waals surface area contributed by atoms with Gasteiger partial charge in [0.25, 0.3) is 11.8 Å². The molecule has 142 valence electrons. The van der Waals surface area contributed by atoms with Crippen LogP contribution in [0.4, 0.5) is 0 Å². The second kappa shape index (κ2) is 8.20. The van der Waals surface area contributed by atoms with Crippen molar-refractivity contribution < 1.29 is 9.59 Å². The van der Waals surface area contributed by atoms with Gasteiger partial charge in [-0.15, -0.1) is 0 Å². The van der Waals surface area contributed by atoms with E-state index in [2.05, 4.69) is 36.7 Å². The van der Waals surface area contributed by atoms with E-state index in [9.17, 15) is 9.59 Å². The van der Waals surface area contributed by atoms with Crippen LogP contribution in [0, 0.1) is 0 Å². The number of halogens is 1. The number of hydrogen-bond donors (Lipinski definition) is 2. The van der Waals surface area contributed by atoms with Gasteiger partial charge in [-0.05, 0) is 42.5 Å². The Morgan fingerprint density at radius 1 is 0.793 bits per heavy atom. The van der Waals surface area contributed by atoms with E-state index in [4.69, 9.17) is 0 Å². The third-order valence-corrected chi connectivity index (χ3v) is 4.76. The second-order valence-electron chi connectivity index (χ2n) is 6.21. The SMILES string of the molecule is O=C(NNC(=O)c1cc(-c2ccccn2)nc2ccccc12)c1cccc(Br)c1. The molecule has 0 saturated heterocycles. The summed E-state index contributed by atoms with van der Waals surface area (Å²) < 4.78 is 0.775. The zero-order valence-corrected chi connectivity index (χ0v) is 16.7. The lowest BCUT2D eigenvalue weighted by Gasteiger charge is -2.11. The molecule has 2 aromatic heterocycles. The third kappa shape index (κ3) is 4.14. The maximum Gasteiger partial charge on any atom is 0.270 e. The number of pyridine rings is 2. The number of rotatable bonds is 3. The quantitative estimate of drug-likeness (QED) is 0.463. The number of hydrogen-bond acceptors (Lipinski definition) is 4. The number of aromatic nitrogens is 2. The van der Waals surface area contributed by atoms with Crippen LogP contribution in [-0.2, 0) is 0 Å². The molecule has 0 radical (unpaired) electrons. The minimum absolute atomic E-state index is 0.394. The Morgan fingerprint density at radius 2 is 1.59 bits per heavy atom. The van der Waals surface area contributed by atoms with Gasteiger partial charge in [-0.2, -0.15) is 0 Å². The summed E-state index contributed by atoms with van der Waals surface area (Å²) in [6.07, 6.45) is 1.67. The summed E-state index contributed by atoms with van der Waals surface area (Å²) in [5.41, 5.74) is 7.66. The molecular weight excluding hydrogens is 432 g/mol. The van der Waals surface area contributed by atoms with E-state index in [1.807, 2.05) is 48.5 Å². The Morgan fingerprint density at radius 3 is 2.38 bits per heavy atom. The van der Waals surface area contributed by atoms with Crippen LogP contribution in [0.5, 0.6) is 0 Å². The van der Waals surface area contributed by atoms with Gasteiger partial charge in [0.15, 0.2) is 0 Å². The van der Waals surface area contributed by atoms with Crippen molar-refractivity contribution in [2.45, 2.75) is 0 Å². The van der Waals surface area contributed by atoms with Crippen molar-refractivity contribution in [3.8, 4) is 11.4 Å². The van der Waals surface area contributed by atoms with Crippen LogP contribution >= 0.6 is 15.9 Å². The molecule has 2 N–H and O–H groups in total. The van der Waals surface area contributed by atoms with Crippen molar-refractivity contribution in [1.29, 1.82) is 0 Å². The molecule has 6 nitrogen and oxygen atoms in total. The molecule has 7 heteroatoms. The molecule has 4 aromatic rings. The van der Waals surface area contributed by atoms with Gasteiger partial charge in [0.2, 0.25) is 0 Å². The molecule has 0 aliphatic heterocycles. The van der Waals surface area contributed by atoms with Crippen molar-refractivity contribution in [3.05, 3.63) is 94.6 Å². The molecule has 0 spiro atoms. The van der Waals surface area contributed by atoms with Crippen LogP contribution in [0.1, 0.15) is 20.7 Å². The highest BCUT2D eigenvalue weighted by atomic mass is 79.9. The minimum Gasteiger partial charge on any atom is -0.267 e. The lowest BCUT2D eigenvalue weighted by molar-refractivity contribution is 0.0847. The number of benzene rings is 2. The monoisotopic (exact) mass is 446 g/mol. The fraction of sp³-hybridized carbons (Fsp3) is 0. The number of fused-ring (bicyclic) bond motifs is 1. The Labute approximate surface area is 175 Å². The largest absolute Gasteiger partial charge is 0.270 e. The molecular formula is C22H15BrN4O2. The second-order valence-corrected chi connectivity index (χ2v) is 7.12. The molecule has 2 heterocycles. The van der Waals surface area contributed by atoms with Gasteiger partial charge in [0.05, 0.1) is 22.5 Å². The minimum atomic E-state index is -0.441. The van der Waals surface area contributed by atoms with Crippen LogP contribution in [0.2, 0.25) is 0 Å². The van der Waals surface area contributed by atoms with Gasteiger partial charge in [0.1, 0.15) is 0 Å². The molecule has 0 unspecified atom stereocenters. The Kier molecular flexibility index (Phi) is 5.31. The van der Waals surface area contributed by atoms with E-state index in [-0.39, 0.29) is 0 Å². The molecule has 0 fully saturated rings. The van der Waals surface area contributed by atoms with Gasteiger partial charge < -0.3 is 0 Å². The summed E-state index contributed by atoms with van der Waals surface area (Å²) in [7, 11) is 0. The average Bonchev–Trinajstić information content (AvgIpc) is 2.77. The van der Waals surface area contributed by atoms with E-state index in [1.54, 1.807) is 30.5 Å². The number of carbonyl (C=O) groups excluding carboxylic acids is 2. The average molecular weight is 447 g/mol. The topological polar surface area (TPSA) is 84.0 Å². The summed E-state index contributed by atoms with van der Waals surface area (Å²) in [6.45, 7) is 0. The number of nitrogens with one attached hydrogen (secondary N) is 2. The molecule has 0 atom stereocenters. The van der Waals surface area contributed by atoms with Crippen molar-refractivity contribution in [3.63, 3.8) is 0 Å². The lowest BCUT2D eigenvalue weighted by atomic mass is 10.1. The summed E-state index contributed by atoms with van der Waals surface area (Å²) in [5, 5.41) is 0.682. The summed E-state index contributed by atoms with van der Waals surface area (Å²) in [4.78, 5) is 34.1. The van der Waals surface area contributed by atoms with Crippen molar-refractivity contribution in [2.24, 2.45) is 0 Å². The van der Waals surface area contributed by atoms with Crippen molar-refractivity contribution >= 4 is 38.6 Å². The van der Waals surface area contributed by atoms with Gasteiger partial charge in [-0.3, -0.25) is 25.4 Å². The molecule has 2 amide bonds. The Hall–Kier alpha value is -3.58. The fourth-order valence-corrected chi connectivity index (χ4v) is 3.29. The van der Waals surface area contributed by atoms with E-state index in [0.29, 0.717) is 33.4 Å². The lowest BCUT2D eigenvalue weighted by Crippen LogP contribution is -2.41. The fourth-order valence-electron chi connectivity index (χ4n) is 2.89. The van der Waals surface area contributed by atoms with Crippen LogP contribution in [-0.4, -0.2) is 21.8 Å². The first-order chi connectivity index (χ1) is 14.1. The summed E-state index contributed by atoms with van der Waals surface area (Å²) in [5.74, 6) is -0.855. The first-order valence-corrected chi connectivity index (χ1v) is 9.58. The standard InChI is InChI=1S/C22H15BrN4O2/c23-15-7-5-6-14(12-15)21(28)26-27-22(29)17-13-20(19-10-3-4-11-24-19)25-18-9-2-1-8-16(17)18/h1-13H,(H,26,28)(H,27,29). The van der Waals surface area contributed by atoms with E-state index in [0.717, 1.165) is 4.47 Å². The van der Waals surface area contributed by atoms with Gasteiger partial charge >= 0.3 is 0 Å². The number of carbonyl (C=O) groups is 2. The molecule has 0 bridgehead atoms. The molecule has 0 saturated carbocycles. The highest BCUT2D eigenvalue weighted by Gasteiger charge is 2.15. The van der Waals surface area contributed by atoms with Crippen molar-refractivity contribution in [1.82, 2.24) is 20.8 Å². The zero-order valence-electron chi connectivity index (χ0n) is 15.1. The van der Waals surface area contributed by atoms with Gasteiger partial charge in [-0.1, -0.05) is 46.3 Å². The van der Waals surface area contributed by atoms with Crippen LogP contribution in [0.15, 0.2) is 83.5 Å². The number of nitrogens with zero attached hydrogens (tertiary/aromatic N) is 2. The normalized spacial score (nSPS) is 10.5. The number of amides is 2. The smallest absolute Gasteiger partial charge is 0.267 e. The maximum atomic E-state index is 12.9. The predicted octanol–water partition coefficient (Wildman–Crippen LogP) is 4.13. The summed E-state index contributed by atoms with van der Waals surface area (Å²) in [6, 6.07) is 21.4. The van der Waals surface area contributed by atoms with Crippen LogP contribution in [0.3, 0.4) is 0 Å². The van der Waals surface area contributed by atoms with E-state index in [1.165, 1.54) is 0 Å². The Balaban J connectivity index is 1.64. The summed E-state index contributed by atoms with van der Waals surface area (Å²) >= 11 is 3.32. The third-order valence-electron chi connectivity index (χ3n) is 4.26. The Bertz CT molecular complexity index is 1210. The first kappa shape index (κ1) is 18.8. The van der Waals surface area contributed by atoms with Crippen molar-refractivity contribution in [2.75, 3.05) is 0 Å². The highest BCUT2D eigenvalue weighted by Crippen LogP contribution is 2.23. The first-order valence-electron chi connectivity index (χ1n) is 8.79. The molecule has 4 rings (SSSR count). The number of para-hydroxylation sites is 1. The molecule has 2 aromatic carbocycles. The van der Waals surface area contributed by atoms with E-state index >= 15 is 0 Å². The predicted molar refractivity (Wildman–Crippen MR) is 114 cm³/mol. The highest BCUT2D eigenvalue weighted by molar-refractivity contribution is 9.10. The molecule has 0 aliphatic carbocycles. The maximum absolute atomic E-state index is 12.9. The van der Waals surface area contributed by atoms with Gasteiger partial charge in [0, 0.05) is 21.6 Å². The number of hydrazine groups is 1. The van der Waals surface area contributed by atoms with Crippen LogP contribution in [0.25, 0.3) is 22.3 Å².